The summed E-state index contributed by atoms with van der Waals surface area (Å²) in [4.78, 5) is 4.28. The Bertz CT molecular complexity index is 355. The van der Waals surface area contributed by atoms with E-state index in [-0.39, 0.29) is 0 Å². The third-order valence-corrected chi connectivity index (χ3v) is 2.83. The molecule has 0 atom stereocenters. The number of aryl methyl sites for hydroxylation is 1. The van der Waals surface area contributed by atoms with Crippen LogP contribution in [0.25, 0.3) is 0 Å². The number of halogens is 1. The summed E-state index contributed by atoms with van der Waals surface area (Å²) >= 11 is 6.13. The molecular formula is C11H12ClN. The number of hydrogen-bond acceptors (Lipinski definition) is 1. The Balaban J connectivity index is 2.60. The molecule has 0 N–H and O–H groups in total. The second kappa shape index (κ2) is 3.51. The van der Waals surface area contributed by atoms with Crippen molar-refractivity contribution in [2.24, 2.45) is 4.99 Å². The van der Waals surface area contributed by atoms with E-state index in [1.54, 1.807) is 0 Å². The molecular weight excluding hydrogens is 182 g/mol. The zero-order chi connectivity index (χ0) is 9.26. The largest absolute Gasteiger partial charge is 0.292 e. The summed E-state index contributed by atoms with van der Waals surface area (Å²) in [6.07, 6.45) is 3.39. The first kappa shape index (κ1) is 8.76. The summed E-state index contributed by atoms with van der Waals surface area (Å²) in [6, 6.07) is 6.10. The molecule has 1 nitrogen and oxygen atoms in total. The van der Waals surface area contributed by atoms with Crippen molar-refractivity contribution < 1.29 is 0 Å². The molecule has 0 saturated heterocycles. The first-order valence-corrected chi connectivity index (χ1v) is 4.94. The molecule has 0 fully saturated rings. The van der Waals surface area contributed by atoms with Gasteiger partial charge < -0.3 is 0 Å². The van der Waals surface area contributed by atoms with E-state index in [1.165, 1.54) is 17.5 Å². The maximum absolute atomic E-state index is 6.13. The molecule has 2 rings (SSSR count). The van der Waals surface area contributed by atoms with Crippen molar-refractivity contribution in [1.29, 1.82) is 0 Å². The van der Waals surface area contributed by atoms with Gasteiger partial charge in [-0.25, -0.2) is 0 Å². The van der Waals surface area contributed by atoms with Crippen molar-refractivity contribution in [3.63, 3.8) is 0 Å². The molecule has 0 bridgehead atoms. The fraction of sp³-hybridized carbons (Fsp3) is 0.364. The van der Waals surface area contributed by atoms with E-state index in [0.29, 0.717) is 0 Å². The SMILES string of the molecule is CN=C1CCCc2cccc(Cl)c21. The lowest BCUT2D eigenvalue weighted by atomic mass is 9.90. The standard InChI is InChI=1S/C11H12ClN/c1-13-10-7-3-5-8-4-2-6-9(12)11(8)10/h2,4,6H,3,5,7H2,1H3. The van der Waals surface area contributed by atoms with E-state index in [4.69, 9.17) is 11.6 Å². The molecule has 2 heteroatoms. The number of benzene rings is 1. The Morgan fingerprint density at radius 1 is 1.31 bits per heavy atom. The Morgan fingerprint density at radius 2 is 2.15 bits per heavy atom. The van der Waals surface area contributed by atoms with Crippen molar-refractivity contribution in [3.05, 3.63) is 34.3 Å². The molecule has 0 unspecified atom stereocenters. The molecule has 0 aromatic heterocycles. The van der Waals surface area contributed by atoms with E-state index < -0.39 is 0 Å². The van der Waals surface area contributed by atoms with E-state index in [1.807, 2.05) is 19.2 Å². The van der Waals surface area contributed by atoms with Crippen LogP contribution in [-0.2, 0) is 6.42 Å². The molecule has 0 aliphatic heterocycles. The van der Waals surface area contributed by atoms with Gasteiger partial charge in [0.15, 0.2) is 0 Å². The molecule has 0 radical (unpaired) electrons. The summed E-state index contributed by atoms with van der Waals surface area (Å²) in [5.74, 6) is 0. The van der Waals surface area contributed by atoms with Crippen molar-refractivity contribution in [3.8, 4) is 0 Å². The second-order valence-electron chi connectivity index (χ2n) is 3.30. The summed E-state index contributed by atoms with van der Waals surface area (Å²) in [5.41, 5.74) is 3.68. The van der Waals surface area contributed by atoms with Gasteiger partial charge in [-0.05, 0) is 30.9 Å². The van der Waals surface area contributed by atoms with Crippen LogP contribution in [-0.4, -0.2) is 12.8 Å². The van der Waals surface area contributed by atoms with Gasteiger partial charge in [0.2, 0.25) is 0 Å². The molecule has 68 valence electrons. The zero-order valence-corrected chi connectivity index (χ0v) is 8.43. The van der Waals surface area contributed by atoms with Crippen molar-refractivity contribution in [2.75, 3.05) is 7.05 Å². The molecule has 1 aliphatic carbocycles. The van der Waals surface area contributed by atoms with Gasteiger partial charge in [-0.2, -0.15) is 0 Å². The average molecular weight is 194 g/mol. The normalized spacial score (nSPS) is 18.8. The molecule has 1 aliphatic rings. The highest BCUT2D eigenvalue weighted by Crippen LogP contribution is 2.27. The average Bonchev–Trinajstić information content (AvgIpc) is 2.17. The molecule has 0 saturated carbocycles. The summed E-state index contributed by atoms with van der Waals surface area (Å²) in [5, 5.41) is 0.845. The van der Waals surface area contributed by atoms with E-state index in [0.717, 1.165) is 23.6 Å². The van der Waals surface area contributed by atoms with Crippen LogP contribution in [0.15, 0.2) is 23.2 Å². The first-order valence-electron chi connectivity index (χ1n) is 4.56. The third-order valence-electron chi connectivity index (χ3n) is 2.52. The molecule has 13 heavy (non-hydrogen) atoms. The van der Waals surface area contributed by atoms with Crippen LogP contribution in [0.4, 0.5) is 0 Å². The molecule has 0 heterocycles. The molecule has 0 amide bonds. The minimum absolute atomic E-state index is 0.845. The van der Waals surface area contributed by atoms with Crippen LogP contribution in [0, 0.1) is 0 Å². The van der Waals surface area contributed by atoms with Crippen LogP contribution < -0.4 is 0 Å². The lowest BCUT2D eigenvalue weighted by molar-refractivity contribution is 0.837. The van der Waals surface area contributed by atoms with Crippen LogP contribution in [0.1, 0.15) is 24.0 Å². The number of rotatable bonds is 0. The number of hydrogen-bond donors (Lipinski definition) is 0. The third kappa shape index (κ3) is 1.49. The van der Waals surface area contributed by atoms with Gasteiger partial charge in [0.1, 0.15) is 0 Å². The van der Waals surface area contributed by atoms with E-state index >= 15 is 0 Å². The van der Waals surface area contributed by atoms with Gasteiger partial charge in [-0.15, -0.1) is 0 Å². The number of fused-ring (bicyclic) bond motifs is 1. The Hall–Kier alpha value is -0.820. The van der Waals surface area contributed by atoms with Gasteiger partial charge >= 0.3 is 0 Å². The Kier molecular flexibility index (Phi) is 2.36. The van der Waals surface area contributed by atoms with Gasteiger partial charge in [-0.3, -0.25) is 4.99 Å². The predicted octanol–water partition coefficient (Wildman–Crippen LogP) is 3.10. The fourth-order valence-corrected chi connectivity index (χ4v) is 2.20. The number of aliphatic imine (C=N–C) groups is 1. The van der Waals surface area contributed by atoms with Crippen LogP contribution in [0.5, 0.6) is 0 Å². The highest BCUT2D eigenvalue weighted by atomic mass is 35.5. The second-order valence-corrected chi connectivity index (χ2v) is 3.71. The van der Waals surface area contributed by atoms with E-state index in [9.17, 15) is 0 Å². The monoisotopic (exact) mass is 193 g/mol. The lowest BCUT2D eigenvalue weighted by Crippen LogP contribution is -2.12. The van der Waals surface area contributed by atoms with Crippen LogP contribution in [0.2, 0.25) is 5.02 Å². The summed E-state index contributed by atoms with van der Waals surface area (Å²) < 4.78 is 0. The highest BCUT2D eigenvalue weighted by molar-refractivity contribution is 6.34. The van der Waals surface area contributed by atoms with Gasteiger partial charge in [0.25, 0.3) is 0 Å². The highest BCUT2D eigenvalue weighted by Gasteiger charge is 2.16. The minimum Gasteiger partial charge on any atom is -0.292 e. The maximum atomic E-state index is 6.13. The summed E-state index contributed by atoms with van der Waals surface area (Å²) in [6.45, 7) is 0. The van der Waals surface area contributed by atoms with Crippen LogP contribution in [0.3, 0.4) is 0 Å². The van der Waals surface area contributed by atoms with Crippen LogP contribution >= 0.6 is 11.6 Å². The first-order chi connectivity index (χ1) is 6.33. The number of nitrogens with zero attached hydrogens (tertiary/aromatic N) is 1. The summed E-state index contributed by atoms with van der Waals surface area (Å²) in [7, 11) is 1.84. The van der Waals surface area contributed by atoms with Crippen molar-refractivity contribution in [1.82, 2.24) is 0 Å². The molecule has 1 aromatic carbocycles. The van der Waals surface area contributed by atoms with Gasteiger partial charge in [0, 0.05) is 23.3 Å². The predicted molar refractivity (Wildman–Crippen MR) is 56.9 cm³/mol. The quantitative estimate of drug-likeness (QED) is 0.601. The topological polar surface area (TPSA) is 12.4 Å². The zero-order valence-electron chi connectivity index (χ0n) is 7.68. The maximum Gasteiger partial charge on any atom is 0.0499 e. The molecule has 1 aromatic rings. The Morgan fingerprint density at radius 3 is 2.92 bits per heavy atom. The minimum atomic E-state index is 0.845. The fourth-order valence-electron chi connectivity index (χ4n) is 1.90. The van der Waals surface area contributed by atoms with Crippen molar-refractivity contribution in [2.45, 2.75) is 19.3 Å². The molecule has 0 spiro atoms. The lowest BCUT2D eigenvalue weighted by Gasteiger charge is -2.18. The smallest absolute Gasteiger partial charge is 0.0499 e. The van der Waals surface area contributed by atoms with E-state index in [2.05, 4.69) is 11.1 Å². The Labute approximate surface area is 83.4 Å². The van der Waals surface area contributed by atoms with Crippen molar-refractivity contribution >= 4 is 17.3 Å². The van der Waals surface area contributed by atoms with Gasteiger partial charge in [-0.1, -0.05) is 23.7 Å². The van der Waals surface area contributed by atoms with Gasteiger partial charge in [0.05, 0.1) is 0 Å².